The van der Waals surface area contributed by atoms with Crippen LogP contribution >= 0.6 is 0 Å². The van der Waals surface area contributed by atoms with Crippen LogP contribution in [0.25, 0.3) is 0 Å². The molecule has 1 saturated carbocycles. The molecule has 0 amide bonds. The lowest BCUT2D eigenvalue weighted by Crippen LogP contribution is -1.99. The maximum atomic E-state index is 10.7. The molecule has 1 aliphatic carbocycles. The van der Waals surface area contributed by atoms with Crippen LogP contribution in [0, 0.1) is 12.3 Å². The maximum Gasteiger partial charge on any atom is 0.358 e. The molecule has 0 bridgehead atoms. The van der Waals surface area contributed by atoms with E-state index in [1.807, 2.05) is 0 Å². The predicted octanol–water partition coefficient (Wildman–Crippen LogP) is 2.19. The summed E-state index contributed by atoms with van der Waals surface area (Å²) in [5, 5.41) is 12.4. The number of aromatic carboxylic acids is 1. The SMILES string of the molecule is Cc1c(C(=O)O)noc1C1CC1(C)C. The summed E-state index contributed by atoms with van der Waals surface area (Å²) in [6, 6.07) is 0. The Morgan fingerprint density at radius 3 is 2.57 bits per heavy atom. The van der Waals surface area contributed by atoms with Crippen LogP contribution < -0.4 is 0 Å². The van der Waals surface area contributed by atoms with Gasteiger partial charge in [-0.1, -0.05) is 19.0 Å². The van der Waals surface area contributed by atoms with Gasteiger partial charge in [-0.2, -0.15) is 0 Å². The van der Waals surface area contributed by atoms with Crippen molar-refractivity contribution in [1.82, 2.24) is 5.16 Å². The number of rotatable bonds is 2. The predicted molar refractivity (Wildman–Crippen MR) is 49.3 cm³/mol. The Morgan fingerprint density at radius 1 is 1.64 bits per heavy atom. The van der Waals surface area contributed by atoms with Crippen molar-refractivity contribution in [3.8, 4) is 0 Å². The van der Waals surface area contributed by atoms with E-state index in [-0.39, 0.29) is 11.1 Å². The molecule has 14 heavy (non-hydrogen) atoms. The molecular formula is C10H13NO3. The second-order valence-corrected chi connectivity index (χ2v) is 4.57. The van der Waals surface area contributed by atoms with E-state index in [0.717, 1.165) is 12.2 Å². The van der Waals surface area contributed by atoms with Gasteiger partial charge in [0.1, 0.15) is 5.76 Å². The third-order valence-corrected chi connectivity index (χ3v) is 2.99. The van der Waals surface area contributed by atoms with Gasteiger partial charge in [-0.05, 0) is 18.8 Å². The molecule has 1 aromatic rings. The molecule has 1 unspecified atom stereocenters. The van der Waals surface area contributed by atoms with Crippen LogP contribution in [-0.4, -0.2) is 16.2 Å². The number of hydrogen-bond donors (Lipinski definition) is 1. The van der Waals surface area contributed by atoms with Crippen molar-refractivity contribution < 1.29 is 14.4 Å². The highest BCUT2D eigenvalue weighted by atomic mass is 16.5. The first-order valence-electron chi connectivity index (χ1n) is 4.63. The summed E-state index contributed by atoms with van der Waals surface area (Å²) in [7, 11) is 0. The van der Waals surface area contributed by atoms with E-state index in [1.54, 1.807) is 6.92 Å². The fourth-order valence-corrected chi connectivity index (χ4v) is 1.79. The van der Waals surface area contributed by atoms with E-state index in [9.17, 15) is 4.79 Å². The molecule has 1 atom stereocenters. The Bertz CT molecular complexity index is 392. The van der Waals surface area contributed by atoms with E-state index < -0.39 is 5.97 Å². The van der Waals surface area contributed by atoms with Crippen LogP contribution in [0.15, 0.2) is 4.52 Å². The van der Waals surface area contributed by atoms with E-state index >= 15 is 0 Å². The molecule has 0 aromatic carbocycles. The fraction of sp³-hybridized carbons (Fsp3) is 0.600. The van der Waals surface area contributed by atoms with Gasteiger partial charge in [0.15, 0.2) is 5.69 Å². The standard InChI is InChI=1S/C10H13NO3/c1-5-7(9(12)13)11-14-8(5)6-4-10(6,2)3/h6H,4H2,1-3H3,(H,12,13). The summed E-state index contributed by atoms with van der Waals surface area (Å²) < 4.78 is 5.09. The van der Waals surface area contributed by atoms with Gasteiger partial charge in [0.25, 0.3) is 0 Å². The molecule has 1 fully saturated rings. The lowest BCUT2D eigenvalue weighted by atomic mass is 10.1. The maximum absolute atomic E-state index is 10.7. The van der Waals surface area contributed by atoms with Crippen molar-refractivity contribution in [3.63, 3.8) is 0 Å². The Hall–Kier alpha value is -1.32. The third-order valence-electron chi connectivity index (χ3n) is 2.99. The third kappa shape index (κ3) is 1.22. The largest absolute Gasteiger partial charge is 0.476 e. The minimum atomic E-state index is -1.02. The summed E-state index contributed by atoms with van der Waals surface area (Å²) in [6.07, 6.45) is 1.04. The van der Waals surface area contributed by atoms with Crippen LogP contribution in [0.4, 0.5) is 0 Å². The zero-order valence-electron chi connectivity index (χ0n) is 8.50. The minimum Gasteiger partial charge on any atom is -0.476 e. The zero-order valence-corrected chi connectivity index (χ0v) is 8.50. The molecule has 1 N–H and O–H groups in total. The van der Waals surface area contributed by atoms with E-state index in [2.05, 4.69) is 19.0 Å². The normalized spacial score (nSPS) is 23.5. The van der Waals surface area contributed by atoms with Crippen LogP contribution in [-0.2, 0) is 0 Å². The Labute approximate surface area is 81.9 Å². The van der Waals surface area contributed by atoms with Crippen LogP contribution in [0.3, 0.4) is 0 Å². The van der Waals surface area contributed by atoms with Gasteiger partial charge in [-0.3, -0.25) is 0 Å². The highest BCUT2D eigenvalue weighted by Crippen LogP contribution is 2.59. The van der Waals surface area contributed by atoms with Crippen molar-refractivity contribution in [1.29, 1.82) is 0 Å². The van der Waals surface area contributed by atoms with E-state index in [0.29, 0.717) is 11.5 Å². The molecule has 0 radical (unpaired) electrons. The second kappa shape index (κ2) is 2.59. The van der Waals surface area contributed by atoms with E-state index in [1.165, 1.54) is 0 Å². The second-order valence-electron chi connectivity index (χ2n) is 4.57. The van der Waals surface area contributed by atoms with Crippen molar-refractivity contribution >= 4 is 5.97 Å². The summed E-state index contributed by atoms with van der Waals surface area (Å²) in [4.78, 5) is 10.7. The average molecular weight is 195 g/mol. The summed E-state index contributed by atoms with van der Waals surface area (Å²) in [6.45, 7) is 6.03. The highest BCUT2D eigenvalue weighted by Gasteiger charge is 2.50. The zero-order chi connectivity index (χ0) is 10.5. The Balaban J connectivity index is 2.34. The first-order valence-corrected chi connectivity index (χ1v) is 4.63. The minimum absolute atomic E-state index is 0.0442. The molecule has 0 aliphatic heterocycles. The summed E-state index contributed by atoms with van der Waals surface area (Å²) >= 11 is 0. The number of carbonyl (C=O) groups is 1. The van der Waals surface area contributed by atoms with Gasteiger partial charge in [-0.25, -0.2) is 4.79 Å². The van der Waals surface area contributed by atoms with Crippen molar-refractivity contribution in [2.45, 2.75) is 33.1 Å². The smallest absolute Gasteiger partial charge is 0.358 e. The molecule has 0 spiro atoms. The van der Waals surface area contributed by atoms with Crippen LogP contribution in [0.2, 0.25) is 0 Å². The Morgan fingerprint density at radius 2 is 2.21 bits per heavy atom. The first kappa shape index (κ1) is 9.24. The quantitative estimate of drug-likeness (QED) is 0.785. The number of hydrogen-bond acceptors (Lipinski definition) is 3. The lowest BCUT2D eigenvalue weighted by molar-refractivity contribution is 0.0685. The Kier molecular flexibility index (Phi) is 1.71. The molecule has 4 heteroatoms. The number of nitrogens with zero attached hydrogens (tertiary/aromatic N) is 1. The summed E-state index contributed by atoms with van der Waals surface area (Å²) in [5.74, 6) is 0.0615. The molecule has 76 valence electrons. The van der Waals surface area contributed by atoms with Gasteiger partial charge in [0.2, 0.25) is 0 Å². The van der Waals surface area contributed by atoms with Crippen LogP contribution in [0.5, 0.6) is 0 Å². The molecule has 1 aromatic heterocycles. The number of aromatic nitrogens is 1. The van der Waals surface area contributed by atoms with Gasteiger partial charge in [-0.15, -0.1) is 0 Å². The van der Waals surface area contributed by atoms with Gasteiger partial charge >= 0.3 is 5.97 Å². The van der Waals surface area contributed by atoms with Gasteiger partial charge in [0, 0.05) is 11.5 Å². The average Bonchev–Trinajstić information content (AvgIpc) is 2.54. The van der Waals surface area contributed by atoms with E-state index in [4.69, 9.17) is 9.63 Å². The molecule has 1 heterocycles. The highest BCUT2D eigenvalue weighted by molar-refractivity contribution is 5.87. The molecule has 1 aliphatic rings. The fourth-order valence-electron chi connectivity index (χ4n) is 1.79. The lowest BCUT2D eigenvalue weighted by Gasteiger charge is -1.99. The molecule has 0 saturated heterocycles. The van der Waals surface area contributed by atoms with Crippen molar-refractivity contribution in [2.24, 2.45) is 5.41 Å². The first-order chi connectivity index (χ1) is 6.43. The van der Waals surface area contributed by atoms with Gasteiger partial charge in [0.05, 0.1) is 0 Å². The number of carboxylic acids is 1. The summed E-state index contributed by atoms with van der Waals surface area (Å²) in [5.41, 5.74) is 0.954. The molecule has 2 rings (SSSR count). The van der Waals surface area contributed by atoms with Crippen LogP contribution in [0.1, 0.15) is 48.0 Å². The van der Waals surface area contributed by atoms with Crippen molar-refractivity contribution in [3.05, 3.63) is 17.0 Å². The monoisotopic (exact) mass is 195 g/mol. The molecule has 4 nitrogen and oxygen atoms in total. The number of carboxylic acid groups (broad SMARTS) is 1. The molecular weight excluding hydrogens is 182 g/mol. The van der Waals surface area contributed by atoms with Crippen molar-refractivity contribution in [2.75, 3.05) is 0 Å². The topological polar surface area (TPSA) is 63.3 Å². The van der Waals surface area contributed by atoms with Gasteiger partial charge < -0.3 is 9.63 Å².